The molecule has 2 heteroatoms. The van der Waals surface area contributed by atoms with Gasteiger partial charge in [-0.15, -0.1) is 0 Å². The first-order chi connectivity index (χ1) is 7.65. The average molecular weight is 220 g/mol. The molecule has 0 spiro atoms. The van der Waals surface area contributed by atoms with E-state index < -0.39 is 5.97 Å². The van der Waals surface area contributed by atoms with Crippen LogP contribution in [-0.4, -0.2) is 11.1 Å². The van der Waals surface area contributed by atoms with Gasteiger partial charge in [-0.25, -0.2) is 0 Å². The van der Waals surface area contributed by atoms with Crippen LogP contribution in [0.5, 0.6) is 0 Å². The highest BCUT2D eigenvalue weighted by atomic mass is 16.4. The molecular weight excluding hydrogens is 200 g/mol. The Morgan fingerprint density at radius 2 is 1.94 bits per heavy atom. The molecular formula is C14H20O2. The summed E-state index contributed by atoms with van der Waals surface area (Å²) in [6.07, 6.45) is 2.65. The highest BCUT2D eigenvalue weighted by Gasteiger charge is 2.24. The molecule has 0 saturated heterocycles. The maximum Gasteiger partial charge on any atom is 0.307 e. The second-order valence-electron chi connectivity index (χ2n) is 4.40. The van der Waals surface area contributed by atoms with E-state index in [1.165, 1.54) is 0 Å². The van der Waals surface area contributed by atoms with Gasteiger partial charge in [0.1, 0.15) is 0 Å². The molecule has 2 nitrogen and oxygen atoms in total. The van der Waals surface area contributed by atoms with E-state index in [0.29, 0.717) is 6.42 Å². The summed E-state index contributed by atoms with van der Waals surface area (Å²) in [5, 5.41) is 9.23. The SMILES string of the molecule is CCCC(C)C(Cc1ccccc1)C(=O)O. The lowest BCUT2D eigenvalue weighted by molar-refractivity contribution is -0.143. The van der Waals surface area contributed by atoms with Crippen LogP contribution in [0, 0.1) is 11.8 Å². The van der Waals surface area contributed by atoms with Gasteiger partial charge in [-0.05, 0) is 17.9 Å². The molecule has 0 aliphatic heterocycles. The standard InChI is InChI=1S/C14H20O2/c1-3-7-11(2)13(14(15)16)10-12-8-5-4-6-9-12/h4-6,8-9,11,13H,3,7,10H2,1-2H3,(H,15,16). The number of rotatable bonds is 6. The fourth-order valence-electron chi connectivity index (χ4n) is 2.06. The van der Waals surface area contributed by atoms with Crippen LogP contribution in [0.3, 0.4) is 0 Å². The molecule has 16 heavy (non-hydrogen) atoms. The first-order valence-corrected chi connectivity index (χ1v) is 5.91. The number of carboxylic acid groups (broad SMARTS) is 1. The number of hydrogen-bond donors (Lipinski definition) is 1. The molecule has 1 aromatic carbocycles. The third-order valence-corrected chi connectivity index (χ3v) is 3.05. The summed E-state index contributed by atoms with van der Waals surface area (Å²) in [6, 6.07) is 9.86. The van der Waals surface area contributed by atoms with Gasteiger partial charge in [0.05, 0.1) is 5.92 Å². The second kappa shape index (κ2) is 6.31. The Morgan fingerprint density at radius 1 is 1.31 bits per heavy atom. The summed E-state index contributed by atoms with van der Waals surface area (Å²) >= 11 is 0. The number of carboxylic acids is 1. The fraction of sp³-hybridized carbons (Fsp3) is 0.500. The molecule has 0 heterocycles. The van der Waals surface area contributed by atoms with Crippen molar-refractivity contribution in [1.82, 2.24) is 0 Å². The lowest BCUT2D eigenvalue weighted by Crippen LogP contribution is -2.23. The van der Waals surface area contributed by atoms with Crippen molar-refractivity contribution in [2.24, 2.45) is 11.8 Å². The van der Waals surface area contributed by atoms with E-state index in [0.717, 1.165) is 18.4 Å². The lowest BCUT2D eigenvalue weighted by Gasteiger charge is -2.19. The van der Waals surface area contributed by atoms with Crippen molar-refractivity contribution in [1.29, 1.82) is 0 Å². The predicted octanol–water partition coefficient (Wildman–Crippen LogP) is 3.37. The van der Waals surface area contributed by atoms with Gasteiger partial charge in [0.25, 0.3) is 0 Å². The Kier molecular flexibility index (Phi) is 5.03. The summed E-state index contributed by atoms with van der Waals surface area (Å²) in [5.41, 5.74) is 1.11. The van der Waals surface area contributed by atoms with Crippen LogP contribution >= 0.6 is 0 Å². The van der Waals surface area contributed by atoms with E-state index in [1.807, 2.05) is 37.3 Å². The average Bonchev–Trinajstić information content (AvgIpc) is 2.27. The second-order valence-corrected chi connectivity index (χ2v) is 4.40. The third-order valence-electron chi connectivity index (χ3n) is 3.05. The normalized spacial score (nSPS) is 14.4. The van der Waals surface area contributed by atoms with Crippen molar-refractivity contribution in [3.63, 3.8) is 0 Å². The van der Waals surface area contributed by atoms with Crippen LogP contribution in [0.4, 0.5) is 0 Å². The van der Waals surface area contributed by atoms with Crippen molar-refractivity contribution < 1.29 is 9.90 Å². The summed E-state index contributed by atoms with van der Waals surface area (Å²) in [5.74, 6) is -0.699. The molecule has 1 aromatic rings. The van der Waals surface area contributed by atoms with Gasteiger partial charge >= 0.3 is 5.97 Å². The highest BCUT2D eigenvalue weighted by Crippen LogP contribution is 2.22. The number of benzene rings is 1. The Hall–Kier alpha value is -1.31. The van der Waals surface area contributed by atoms with Crippen LogP contribution in [-0.2, 0) is 11.2 Å². The first kappa shape index (κ1) is 12.8. The maximum atomic E-state index is 11.2. The zero-order valence-corrected chi connectivity index (χ0v) is 10.0. The Bertz CT molecular complexity index is 319. The molecule has 0 saturated carbocycles. The minimum atomic E-state index is -0.676. The molecule has 0 aromatic heterocycles. The largest absolute Gasteiger partial charge is 0.481 e. The molecule has 1 N–H and O–H groups in total. The van der Waals surface area contributed by atoms with Crippen LogP contribution in [0.1, 0.15) is 32.3 Å². The fourth-order valence-corrected chi connectivity index (χ4v) is 2.06. The zero-order chi connectivity index (χ0) is 12.0. The highest BCUT2D eigenvalue weighted by molar-refractivity contribution is 5.70. The van der Waals surface area contributed by atoms with E-state index in [4.69, 9.17) is 0 Å². The van der Waals surface area contributed by atoms with Crippen molar-refractivity contribution in [3.8, 4) is 0 Å². The van der Waals surface area contributed by atoms with E-state index >= 15 is 0 Å². The van der Waals surface area contributed by atoms with Crippen LogP contribution in [0.15, 0.2) is 30.3 Å². The molecule has 1 rings (SSSR count). The van der Waals surface area contributed by atoms with Gasteiger partial charge in [-0.2, -0.15) is 0 Å². The van der Waals surface area contributed by atoms with Crippen molar-refractivity contribution in [2.75, 3.05) is 0 Å². The molecule has 0 aliphatic carbocycles. The van der Waals surface area contributed by atoms with E-state index in [2.05, 4.69) is 6.92 Å². The maximum absolute atomic E-state index is 11.2. The first-order valence-electron chi connectivity index (χ1n) is 5.91. The predicted molar refractivity (Wildman–Crippen MR) is 65.3 cm³/mol. The van der Waals surface area contributed by atoms with Crippen LogP contribution in [0.25, 0.3) is 0 Å². The van der Waals surface area contributed by atoms with Gasteiger partial charge in [-0.1, -0.05) is 57.0 Å². The number of carbonyl (C=O) groups is 1. The summed E-state index contributed by atoms with van der Waals surface area (Å²) in [4.78, 5) is 11.2. The molecule has 0 radical (unpaired) electrons. The van der Waals surface area contributed by atoms with Gasteiger partial charge in [0.2, 0.25) is 0 Å². The topological polar surface area (TPSA) is 37.3 Å². The molecule has 88 valence electrons. The Balaban J connectivity index is 2.69. The summed E-state index contributed by atoms with van der Waals surface area (Å²) < 4.78 is 0. The number of hydrogen-bond acceptors (Lipinski definition) is 1. The molecule has 0 fully saturated rings. The van der Waals surface area contributed by atoms with Crippen molar-refractivity contribution >= 4 is 5.97 Å². The van der Waals surface area contributed by atoms with Crippen molar-refractivity contribution in [3.05, 3.63) is 35.9 Å². The summed E-state index contributed by atoms with van der Waals surface area (Å²) in [7, 11) is 0. The Labute approximate surface area is 97.3 Å². The van der Waals surface area contributed by atoms with Gasteiger partial charge in [-0.3, -0.25) is 4.79 Å². The minimum absolute atomic E-state index is 0.239. The molecule has 0 amide bonds. The van der Waals surface area contributed by atoms with Crippen LogP contribution < -0.4 is 0 Å². The molecule has 0 aliphatic rings. The van der Waals surface area contributed by atoms with Gasteiger partial charge in [0, 0.05) is 0 Å². The van der Waals surface area contributed by atoms with Crippen LogP contribution in [0.2, 0.25) is 0 Å². The van der Waals surface area contributed by atoms with Gasteiger partial charge in [0.15, 0.2) is 0 Å². The smallest absolute Gasteiger partial charge is 0.307 e. The van der Waals surface area contributed by atoms with E-state index in [9.17, 15) is 9.90 Å². The monoisotopic (exact) mass is 220 g/mol. The molecule has 2 atom stereocenters. The molecule has 2 unspecified atom stereocenters. The lowest BCUT2D eigenvalue weighted by atomic mass is 9.85. The van der Waals surface area contributed by atoms with Crippen molar-refractivity contribution in [2.45, 2.75) is 33.1 Å². The summed E-state index contributed by atoms with van der Waals surface area (Å²) in [6.45, 7) is 4.13. The molecule has 0 bridgehead atoms. The number of aliphatic carboxylic acids is 1. The van der Waals surface area contributed by atoms with E-state index in [-0.39, 0.29) is 11.8 Å². The van der Waals surface area contributed by atoms with E-state index in [1.54, 1.807) is 0 Å². The Morgan fingerprint density at radius 3 is 2.44 bits per heavy atom. The zero-order valence-electron chi connectivity index (χ0n) is 10.0. The minimum Gasteiger partial charge on any atom is -0.481 e. The third kappa shape index (κ3) is 3.69. The quantitative estimate of drug-likeness (QED) is 0.798. The van der Waals surface area contributed by atoms with Gasteiger partial charge < -0.3 is 5.11 Å².